The maximum Gasteiger partial charge on any atom is 0.306 e. The summed E-state index contributed by atoms with van der Waals surface area (Å²) in [6.45, 7) is 6.41. The highest BCUT2D eigenvalue weighted by Gasteiger charge is 2.24. The fourth-order valence-electron chi connectivity index (χ4n) is 7.70. The molecule has 3 N–H and O–H groups in total. The highest BCUT2D eigenvalue weighted by Crippen LogP contribution is 2.16. The molecule has 3 unspecified atom stereocenters. The summed E-state index contributed by atoms with van der Waals surface area (Å²) < 4.78 is 5.91. The van der Waals surface area contributed by atoms with Crippen molar-refractivity contribution in [3.8, 4) is 0 Å². The van der Waals surface area contributed by atoms with Crippen LogP contribution in [0.25, 0.3) is 0 Å². The van der Waals surface area contributed by atoms with E-state index in [1.54, 1.807) is 0 Å². The van der Waals surface area contributed by atoms with Gasteiger partial charge >= 0.3 is 5.97 Å². The summed E-state index contributed by atoms with van der Waals surface area (Å²) in [5.74, 6) is -0.547. The van der Waals surface area contributed by atoms with E-state index in [9.17, 15) is 19.8 Å². The fourth-order valence-corrected chi connectivity index (χ4v) is 7.70. The number of allylic oxidation sites excluding steroid dienone is 12. The van der Waals surface area contributed by atoms with Crippen molar-refractivity contribution in [2.24, 2.45) is 0 Å². The SMILES string of the molecule is CCCCC/C=C\C/C=C\C/C=C\C/C=C\CCCC(CC(=O)NC(CO)C(O)CCCCCCCCCCC)OC(=O)CCCCCCC/C=C/C=C/CCCCCCCCC. The van der Waals surface area contributed by atoms with Crippen LogP contribution in [-0.2, 0) is 14.3 Å². The lowest BCUT2D eigenvalue weighted by atomic mass is 10.0. The molecule has 0 spiro atoms. The molecule has 0 aliphatic rings. The van der Waals surface area contributed by atoms with Gasteiger partial charge in [0.05, 0.1) is 25.2 Å². The second kappa shape index (κ2) is 50.3. The number of carbonyl (C=O) groups is 2. The molecule has 0 aliphatic heterocycles. The van der Waals surface area contributed by atoms with Crippen molar-refractivity contribution >= 4 is 11.9 Å². The second-order valence-corrected chi connectivity index (χ2v) is 17.9. The van der Waals surface area contributed by atoms with Crippen molar-refractivity contribution < 1.29 is 24.5 Å². The molecule has 1 amide bonds. The molecule has 0 saturated heterocycles. The van der Waals surface area contributed by atoms with Crippen LogP contribution >= 0.6 is 0 Å². The molecule has 0 aromatic rings. The summed E-state index contributed by atoms with van der Waals surface area (Å²) in [6.07, 6.45) is 64.0. The second-order valence-electron chi connectivity index (χ2n) is 17.9. The Labute approximate surface area is 390 Å². The molecule has 3 atom stereocenters. The summed E-state index contributed by atoms with van der Waals surface area (Å²) in [5, 5.41) is 23.7. The minimum absolute atomic E-state index is 0.0312. The molecular weight excluding hydrogens is 779 g/mol. The minimum Gasteiger partial charge on any atom is -0.462 e. The van der Waals surface area contributed by atoms with E-state index in [4.69, 9.17) is 4.74 Å². The Hall–Kier alpha value is -2.70. The molecule has 0 heterocycles. The Bertz CT molecular complexity index is 1170. The molecule has 0 aromatic carbocycles. The maximum absolute atomic E-state index is 13.2. The fraction of sp³-hybridized carbons (Fsp3) is 0.754. The Morgan fingerprint density at radius 2 is 0.873 bits per heavy atom. The van der Waals surface area contributed by atoms with Crippen molar-refractivity contribution in [1.29, 1.82) is 0 Å². The quantitative estimate of drug-likeness (QED) is 0.0245. The van der Waals surface area contributed by atoms with Crippen LogP contribution in [-0.4, -0.2) is 46.9 Å². The average Bonchev–Trinajstić information content (AvgIpc) is 3.28. The van der Waals surface area contributed by atoms with Gasteiger partial charge in [-0.25, -0.2) is 0 Å². The van der Waals surface area contributed by atoms with E-state index in [2.05, 4.69) is 99.0 Å². The average molecular weight is 880 g/mol. The summed E-state index contributed by atoms with van der Waals surface area (Å²) >= 11 is 0. The Kier molecular flexibility index (Phi) is 48.1. The van der Waals surface area contributed by atoms with E-state index < -0.39 is 18.2 Å². The monoisotopic (exact) mass is 880 g/mol. The number of aliphatic hydroxyl groups is 2. The van der Waals surface area contributed by atoms with E-state index in [1.165, 1.54) is 116 Å². The van der Waals surface area contributed by atoms with Gasteiger partial charge in [0.15, 0.2) is 0 Å². The lowest BCUT2D eigenvalue weighted by Crippen LogP contribution is -2.46. The van der Waals surface area contributed by atoms with Gasteiger partial charge in [-0.05, 0) is 89.9 Å². The van der Waals surface area contributed by atoms with Crippen LogP contribution < -0.4 is 5.32 Å². The Morgan fingerprint density at radius 1 is 0.476 bits per heavy atom. The molecule has 0 rings (SSSR count). The summed E-state index contributed by atoms with van der Waals surface area (Å²) in [6, 6.07) is -0.724. The van der Waals surface area contributed by atoms with Crippen LogP contribution in [0.5, 0.6) is 0 Å². The van der Waals surface area contributed by atoms with Crippen LogP contribution in [0.1, 0.15) is 252 Å². The summed E-state index contributed by atoms with van der Waals surface area (Å²) in [5.41, 5.74) is 0. The zero-order valence-corrected chi connectivity index (χ0v) is 41.4. The van der Waals surface area contributed by atoms with Crippen molar-refractivity contribution in [2.45, 2.75) is 270 Å². The van der Waals surface area contributed by atoms with Gasteiger partial charge in [0.1, 0.15) is 6.10 Å². The number of nitrogens with one attached hydrogen (secondary N) is 1. The molecule has 0 fully saturated rings. The zero-order valence-electron chi connectivity index (χ0n) is 41.4. The molecule has 0 radical (unpaired) electrons. The number of rotatable bonds is 47. The number of amides is 1. The molecular formula is C57H101NO5. The first-order valence-electron chi connectivity index (χ1n) is 26.7. The van der Waals surface area contributed by atoms with Crippen LogP contribution in [0.4, 0.5) is 0 Å². The molecule has 0 aromatic heterocycles. The molecule has 0 bridgehead atoms. The van der Waals surface area contributed by atoms with Crippen molar-refractivity contribution in [3.05, 3.63) is 72.9 Å². The third-order valence-corrected chi connectivity index (χ3v) is 11.8. The normalized spacial score (nSPS) is 13.8. The topological polar surface area (TPSA) is 95.9 Å². The number of ether oxygens (including phenoxy) is 1. The standard InChI is InChI=1S/C57H101NO5/c1-4-7-10-13-16-19-21-23-25-27-29-31-33-35-38-41-44-47-50-57(62)63-53(48-45-42-39-37-34-32-30-28-26-24-22-20-17-14-11-8-5-2)51-56(61)58-54(52-59)55(60)49-46-43-40-36-18-15-12-9-6-3/h17,20,24-27,29-32,37,39,53-55,59-60H,4-16,18-19,21-23,28,33-36,38,40-52H2,1-3H3,(H,58,61)/b20-17-,26-24-,27-25+,31-29+,32-30-,39-37-. The van der Waals surface area contributed by atoms with Crippen molar-refractivity contribution in [2.75, 3.05) is 6.61 Å². The van der Waals surface area contributed by atoms with Gasteiger partial charge in [-0.1, -0.05) is 222 Å². The largest absolute Gasteiger partial charge is 0.462 e. The third-order valence-electron chi connectivity index (χ3n) is 11.8. The van der Waals surface area contributed by atoms with Gasteiger partial charge in [-0.15, -0.1) is 0 Å². The maximum atomic E-state index is 13.2. The first-order valence-corrected chi connectivity index (χ1v) is 26.7. The van der Waals surface area contributed by atoms with Crippen molar-refractivity contribution in [1.82, 2.24) is 5.32 Å². The number of esters is 1. The van der Waals surface area contributed by atoms with Gasteiger partial charge in [-0.2, -0.15) is 0 Å². The Morgan fingerprint density at radius 3 is 1.38 bits per heavy atom. The smallest absolute Gasteiger partial charge is 0.306 e. The molecule has 0 aliphatic carbocycles. The van der Waals surface area contributed by atoms with Crippen LogP contribution in [0.3, 0.4) is 0 Å². The summed E-state index contributed by atoms with van der Waals surface area (Å²) in [4.78, 5) is 26.1. The predicted molar refractivity (Wildman–Crippen MR) is 273 cm³/mol. The van der Waals surface area contributed by atoms with E-state index in [0.717, 1.165) is 89.9 Å². The third kappa shape index (κ3) is 45.7. The zero-order chi connectivity index (χ0) is 45.9. The highest BCUT2D eigenvalue weighted by atomic mass is 16.5. The number of unbranched alkanes of at least 4 members (excludes halogenated alkanes) is 24. The number of hydrogen-bond acceptors (Lipinski definition) is 5. The number of carbonyl (C=O) groups excluding carboxylic acids is 2. The molecule has 6 nitrogen and oxygen atoms in total. The van der Waals surface area contributed by atoms with Gasteiger partial charge in [0, 0.05) is 6.42 Å². The van der Waals surface area contributed by atoms with Gasteiger partial charge in [0.2, 0.25) is 5.91 Å². The van der Waals surface area contributed by atoms with Gasteiger partial charge in [0.25, 0.3) is 0 Å². The molecule has 6 heteroatoms. The molecule has 364 valence electrons. The van der Waals surface area contributed by atoms with Gasteiger partial charge in [-0.3, -0.25) is 9.59 Å². The van der Waals surface area contributed by atoms with E-state index in [1.807, 2.05) is 0 Å². The highest BCUT2D eigenvalue weighted by molar-refractivity contribution is 5.77. The van der Waals surface area contributed by atoms with E-state index in [0.29, 0.717) is 19.3 Å². The lowest BCUT2D eigenvalue weighted by molar-refractivity contribution is -0.151. The molecule has 63 heavy (non-hydrogen) atoms. The first kappa shape index (κ1) is 60.3. The lowest BCUT2D eigenvalue weighted by Gasteiger charge is -2.24. The van der Waals surface area contributed by atoms with Crippen LogP contribution in [0, 0.1) is 0 Å². The summed E-state index contributed by atoms with van der Waals surface area (Å²) in [7, 11) is 0. The predicted octanol–water partition coefficient (Wildman–Crippen LogP) is 16.2. The van der Waals surface area contributed by atoms with Crippen molar-refractivity contribution in [3.63, 3.8) is 0 Å². The molecule has 0 saturated carbocycles. The number of hydrogen-bond donors (Lipinski definition) is 3. The van der Waals surface area contributed by atoms with Gasteiger partial charge < -0.3 is 20.3 Å². The minimum atomic E-state index is -0.806. The van der Waals surface area contributed by atoms with E-state index >= 15 is 0 Å². The Balaban J connectivity index is 4.70. The number of aliphatic hydroxyl groups excluding tert-OH is 2. The first-order chi connectivity index (χ1) is 31.0. The van der Waals surface area contributed by atoms with Crippen LogP contribution in [0.15, 0.2) is 72.9 Å². The van der Waals surface area contributed by atoms with E-state index in [-0.39, 0.29) is 24.9 Å². The van der Waals surface area contributed by atoms with Crippen LogP contribution in [0.2, 0.25) is 0 Å².